The van der Waals surface area contributed by atoms with Crippen molar-refractivity contribution in [2.75, 3.05) is 0 Å². The van der Waals surface area contributed by atoms with Gasteiger partial charge in [-0.15, -0.1) is 0 Å². The molecule has 0 aliphatic rings. The molecule has 0 heterocycles. The lowest BCUT2D eigenvalue weighted by Gasteiger charge is -2.04. The second kappa shape index (κ2) is 4.30. The summed E-state index contributed by atoms with van der Waals surface area (Å²) in [5.41, 5.74) is 0.989. The Bertz CT molecular complexity index is 284. The molecule has 0 bridgehead atoms. The van der Waals surface area contributed by atoms with Crippen molar-refractivity contribution in [1.82, 2.24) is 0 Å². The molecule has 12 heavy (non-hydrogen) atoms. The Morgan fingerprint density at radius 2 is 2.08 bits per heavy atom. The molecule has 1 unspecified atom stereocenters. The van der Waals surface area contributed by atoms with Gasteiger partial charge in [0.1, 0.15) is 0 Å². The smallest absolute Gasteiger partial charge is 0.0761 e. The summed E-state index contributed by atoms with van der Waals surface area (Å²) in [5.74, 6) is -0.163. The van der Waals surface area contributed by atoms with E-state index in [4.69, 9.17) is 10.7 Å². The van der Waals surface area contributed by atoms with Gasteiger partial charge in [-0.1, -0.05) is 30.3 Å². The van der Waals surface area contributed by atoms with Gasteiger partial charge < -0.3 is 5.41 Å². The molecule has 1 rings (SSSR count). The third-order valence-electron chi connectivity index (χ3n) is 1.71. The molecule has 2 nitrogen and oxygen atoms in total. The van der Waals surface area contributed by atoms with Crippen LogP contribution in [0.4, 0.5) is 0 Å². The molecule has 60 valence electrons. The molecule has 0 spiro atoms. The normalized spacial score (nSPS) is 11.6. The largest absolute Gasteiger partial charge is 0.313 e. The molecule has 0 amide bonds. The van der Waals surface area contributed by atoms with Crippen molar-refractivity contribution >= 4 is 6.21 Å². The fourth-order valence-corrected chi connectivity index (χ4v) is 1.07. The second-order valence-corrected chi connectivity index (χ2v) is 2.53. The van der Waals surface area contributed by atoms with Crippen LogP contribution in [0.5, 0.6) is 0 Å². The lowest BCUT2D eigenvalue weighted by molar-refractivity contribution is 0.915. The monoisotopic (exact) mass is 158 g/mol. The third kappa shape index (κ3) is 1.93. The number of rotatable bonds is 3. The molecule has 1 aromatic rings. The first-order chi connectivity index (χ1) is 5.88. The Hall–Kier alpha value is -1.62. The number of benzene rings is 1. The minimum Gasteiger partial charge on any atom is -0.313 e. The van der Waals surface area contributed by atoms with E-state index in [0.717, 1.165) is 5.56 Å². The average molecular weight is 158 g/mol. The molecule has 0 aromatic heterocycles. The van der Waals surface area contributed by atoms with Crippen molar-refractivity contribution < 1.29 is 0 Å². The molecule has 0 aliphatic heterocycles. The standard InChI is InChI=1S/C10H10N2/c11-7-6-10(8-12)9-4-2-1-3-5-9/h1-5,7,10-11H,6H2. The summed E-state index contributed by atoms with van der Waals surface area (Å²) in [6, 6.07) is 11.7. The van der Waals surface area contributed by atoms with Crippen LogP contribution in [-0.2, 0) is 0 Å². The zero-order valence-electron chi connectivity index (χ0n) is 6.70. The van der Waals surface area contributed by atoms with Gasteiger partial charge in [0.05, 0.1) is 12.0 Å². The van der Waals surface area contributed by atoms with E-state index in [-0.39, 0.29) is 5.92 Å². The maximum absolute atomic E-state index is 8.76. The number of hydrogen-bond acceptors (Lipinski definition) is 2. The van der Waals surface area contributed by atoms with Gasteiger partial charge >= 0.3 is 0 Å². The molecule has 0 saturated heterocycles. The van der Waals surface area contributed by atoms with Gasteiger partial charge in [-0.05, 0) is 11.8 Å². The summed E-state index contributed by atoms with van der Waals surface area (Å²) >= 11 is 0. The summed E-state index contributed by atoms with van der Waals surface area (Å²) in [4.78, 5) is 0. The Morgan fingerprint density at radius 3 is 2.58 bits per heavy atom. The van der Waals surface area contributed by atoms with Crippen LogP contribution in [0.3, 0.4) is 0 Å². The third-order valence-corrected chi connectivity index (χ3v) is 1.71. The van der Waals surface area contributed by atoms with Crippen molar-refractivity contribution in [1.29, 1.82) is 10.7 Å². The lowest BCUT2D eigenvalue weighted by Crippen LogP contribution is -1.95. The maximum Gasteiger partial charge on any atom is 0.0761 e. The lowest BCUT2D eigenvalue weighted by atomic mass is 9.98. The van der Waals surface area contributed by atoms with Crippen LogP contribution < -0.4 is 0 Å². The minimum atomic E-state index is -0.163. The van der Waals surface area contributed by atoms with E-state index in [0.29, 0.717) is 6.42 Å². The summed E-state index contributed by atoms with van der Waals surface area (Å²) in [5, 5.41) is 15.7. The van der Waals surface area contributed by atoms with Gasteiger partial charge in [-0.25, -0.2) is 0 Å². The molecule has 0 fully saturated rings. The highest BCUT2D eigenvalue weighted by Crippen LogP contribution is 2.16. The molecule has 1 atom stereocenters. The van der Waals surface area contributed by atoms with Crippen molar-refractivity contribution in [3.63, 3.8) is 0 Å². The van der Waals surface area contributed by atoms with E-state index in [1.807, 2.05) is 30.3 Å². The van der Waals surface area contributed by atoms with Gasteiger partial charge in [-0.3, -0.25) is 0 Å². The topological polar surface area (TPSA) is 47.6 Å². The van der Waals surface area contributed by atoms with Crippen LogP contribution in [0, 0.1) is 16.7 Å². The van der Waals surface area contributed by atoms with Crippen LogP contribution in [-0.4, -0.2) is 6.21 Å². The Labute approximate surface area is 72.0 Å². The summed E-state index contributed by atoms with van der Waals surface area (Å²) in [7, 11) is 0. The predicted octanol–water partition coefficient (Wildman–Crippen LogP) is 2.33. The molecule has 0 radical (unpaired) electrons. The van der Waals surface area contributed by atoms with E-state index >= 15 is 0 Å². The van der Waals surface area contributed by atoms with Crippen LogP contribution >= 0.6 is 0 Å². The molecule has 1 N–H and O–H groups in total. The summed E-state index contributed by atoms with van der Waals surface area (Å²) < 4.78 is 0. The first kappa shape index (κ1) is 8.48. The zero-order valence-corrected chi connectivity index (χ0v) is 6.70. The number of nitrogens with zero attached hydrogens (tertiary/aromatic N) is 1. The van der Waals surface area contributed by atoms with E-state index in [1.54, 1.807) is 0 Å². The van der Waals surface area contributed by atoms with Gasteiger partial charge in [0.15, 0.2) is 0 Å². The highest BCUT2D eigenvalue weighted by molar-refractivity contribution is 5.56. The van der Waals surface area contributed by atoms with Crippen LogP contribution in [0.25, 0.3) is 0 Å². The van der Waals surface area contributed by atoms with E-state index < -0.39 is 0 Å². The van der Waals surface area contributed by atoms with E-state index in [9.17, 15) is 0 Å². The van der Waals surface area contributed by atoms with Crippen LogP contribution in [0.2, 0.25) is 0 Å². The first-order valence-electron chi connectivity index (χ1n) is 3.82. The van der Waals surface area contributed by atoms with E-state index in [1.165, 1.54) is 6.21 Å². The Balaban J connectivity index is 2.82. The molecular weight excluding hydrogens is 148 g/mol. The molecule has 0 aliphatic carbocycles. The zero-order chi connectivity index (χ0) is 8.81. The minimum absolute atomic E-state index is 0.163. The summed E-state index contributed by atoms with van der Waals surface area (Å²) in [6.45, 7) is 0. The van der Waals surface area contributed by atoms with Crippen molar-refractivity contribution in [2.45, 2.75) is 12.3 Å². The highest BCUT2D eigenvalue weighted by atomic mass is 14.3. The van der Waals surface area contributed by atoms with Crippen molar-refractivity contribution in [2.24, 2.45) is 0 Å². The number of hydrogen-bond donors (Lipinski definition) is 1. The highest BCUT2D eigenvalue weighted by Gasteiger charge is 2.06. The molecular formula is C10H10N2. The fraction of sp³-hybridized carbons (Fsp3) is 0.200. The van der Waals surface area contributed by atoms with Crippen molar-refractivity contribution in [3.05, 3.63) is 35.9 Å². The second-order valence-electron chi connectivity index (χ2n) is 2.53. The number of nitrogens with one attached hydrogen (secondary N) is 1. The van der Waals surface area contributed by atoms with Gasteiger partial charge in [0.25, 0.3) is 0 Å². The average Bonchev–Trinajstić information content (AvgIpc) is 2.15. The first-order valence-corrected chi connectivity index (χ1v) is 3.82. The van der Waals surface area contributed by atoms with Gasteiger partial charge in [-0.2, -0.15) is 5.26 Å². The van der Waals surface area contributed by atoms with E-state index in [2.05, 4.69) is 6.07 Å². The predicted molar refractivity (Wildman–Crippen MR) is 48.2 cm³/mol. The van der Waals surface area contributed by atoms with Gasteiger partial charge in [0, 0.05) is 6.42 Å². The quantitative estimate of drug-likeness (QED) is 0.674. The molecule has 0 saturated carbocycles. The van der Waals surface area contributed by atoms with Crippen LogP contribution in [0.1, 0.15) is 17.9 Å². The molecule has 2 heteroatoms. The maximum atomic E-state index is 8.76. The molecule has 1 aromatic carbocycles. The number of nitriles is 1. The van der Waals surface area contributed by atoms with Crippen LogP contribution in [0.15, 0.2) is 30.3 Å². The Morgan fingerprint density at radius 1 is 1.42 bits per heavy atom. The Kier molecular flexibility index (Phi) is 3.04. The fourth-order valence-electron chi connectivity index (χ4n) is 1.07. The van der Waals surface area contributed by atoms with Crippen molar-refractivity contribution in [3.8, 4) is 6.07 Å². The van der Waals surface area contributed by atoms with Gasteiger partial charge in [0.2, 0.25) is 0 Å². The SMILES string of the molecule is N#CC(CC=N)c1ccccc1. The summed E-state index contributed by atoms with van der Waals surface area (Å²) in [6.07, 6.45) is 1.78.